The Kier molecular flexibility index (Phi) is 11.2. The van der Waals surface area contributed by atoms with Gasteiger partial charge in [0, 0.05) is 49.9 Å². The van der Waals surface area contributed by atoms with E-state index in [0.717, 1.165) is 40.7 Å². The van der Waals surface area contributed by atoms with Crippen molar-refractivity contribution in [1.29, 1.82) is 0 Å². The van der Waals surface area contributed by atoms with Gasteiger partial charge in [-0.05, 0) is 77.1 Å². The van der Waals surface area contributed by atoms with Crippen molar-refractivity contribution in [3.05, 3.63) is 160 Å². The van der Waals surface area contributed by atoms with Gasteiger partial charge in [0.25, 0.3) is 5.91 Å². The van der Waals surface area contributed by atoms with E-state index in [1.165, 1.54) is 19.2 Å². The highest BCUT2D eigenvalue weighted by atomic mass is 19.4. The van der Waals surface area contributed by atoms with Crippen LogP contribution in [0.3, 0.4) is 0 Å². The molecule has 60 heavy (non-hydrogen) atoms. The van der Waals surface area contributed by atoms with E-state index in [1.807, 2.05) is 36.4 Å². The van der Waals surface area contributed by atoms with Gasteiger partial charge in [-0.15, -0.1) is 0 Å². The number of aromatic nitrogens is 2. The molecule has 1 aliphatic heterocycles. The Hall–Kier alpha value is -7.22. The molecule has 0 radical (unpaired) electrons. The van der Waals surface area contributed by atoms with Crippen LogP contribution < -0.4 is 20.7 Å². The van der Waals surface area contributed by atoms with Gasteiger partial charge in [0.1, 0.15) is 23.7 Å². The number of hydrogen-bond donors (Lipinski definition) is 3. The van der Waals surface area contributed by atoms with Gasteiger partial charge < -0.3 is 30.3 Å². The molecule has 8 rings (SSSR count). The van der Waals surface area contributed by atoms with Gasteiger partial charge in [-0.3, -0.25) is 4.79 Å². The predicted octanol–water partition coefficient (Wildman–Crippen LogP) is 9.50. The lowest BCUT2D eigenvalue weighted by molar-refractivity contribution is -0.137. The Morgan fingerprint density at radius 3 is 2.12 bits per heavy atom. The van der Waals surface area contributed by atoms with Gasteiger partial charge >= 0.3 is 18.2 Å². The van der Waals surface area contributed by atoms with Crippen LogP contribution in [0, 0.1) is 0 Å². The van der Waals surface area contributed by atoms with Crippen molar-refractivity contribution in [1.82, 2.24) is 20.2 Å². The first-order chi connectivity index (χ1) is 29.1. The van der Waals surface area contributed by atoms with Crippen molar-refractivity contribution < 1.29 is 37.0 Å². The first-order valence-electron chi connectivity index (χ1n) is 19.4. The van der Waals surface area contributed by atoms with Crippen molar-refractivity contribution in [3.63, 3.8) is 0 Å². The Labute approximate surface area is 343 Å². The quantitative estimate of drug-likeness (QED) is 0.109. The Bertz CT molecular complexity index is 2530. The Balaban J connectivity index is 1.04. The van der Waals surface area contributed by atoms with Crippen LogP contribution in [0.2, 0.25) is 0 Å². The van der Waals surface area contributed by atoms with E-state index in [-0.39, 0.29) is 47.5 Å². The van der Waals surface area contributed by atoms with Gasteiger partial charge in [-0.2, -0.15) is 18.2 Å². The minimum Gasteiger partial charge on any atom is -0.461 e. The van der Waals surface area contributed by atoms with E-state index in [2.05, 4.69) is 38.1 Å². The number of likely N-dealkylation sites (tertiary alicyclic amines) is 1. The predicted molar refractivity (Wildman–Crippen MR) is 220 cm³/mol. The zero-order chi connectivity index (χ0) is 41.8. The van der Waals surface area contributed by atoms with Crippen LogP contribution >= 0.6 is 0 Å². The fourth-order valence-corrected chi connectivity index (χ4v) is 7.61. The van der Waals surface area contributed by atoms with Gasteiger partial charge in [0.05, 0.1) is 16.8 Å². The number of nitrogens with zero attached hydrogens (tertiary/aromatic N) is 3. The molecule has 0 atom stereocenters. The van der Waals surface area contributed by atoms with E-state index < -0.39 is 35.5 Å². The number of esters is 1. The number of hydrogen-bond acceptors (Lipinski definition) is 9. The molecule has 6 aromatic rings. The second-order valence-electron chi connectivity index (χ2n) is 14.4. The van der Waals surface area contributed by atoms with E-state index in [4.69, 9.17) is 9.47 Å². The van der Waals surface area contributed by atoms with Crippen LogP contribution in [-0.2, 0) is 17.3 Å². The van der Waals surface area contributed by atoms with E-state index in [9.17, 15) is 27.6 Å². The second kappa shape index (κ2) is 16.9. The van der Waals surface area contributed by atoms with Gasteiger partial charge in [-0.25, -0.2) is 14.6 Å². The number of nitrogens with one attached hydrogen (secondary N) is 3. The largest absolute Gasteiger partial charge is 0.461 e. The topological polar surface area (TPSA) is 135 Å². The monoisotopic (exact) mass is 812 g/mol. The lowest BCUT2D eigenvalue weighted by atomic mass is 9.97. The number of carbonyl (C=O) groups is 3. The maximum absolute atomic E-state index is 14.1. The van der Waals surface area contributed by atoms with Crippen molar-refractivity contribution >= 4 is 41.1 Å². The fraction of sp³-hybridized carbons (Fsp3) is 0.196. The molecule has 304 valence electrons. The summed E-state index contributed by atoms with van der Waals surface area (Å²) in [6.45, 7) is 1.27. The fourth-order valence-electron chi connectivity index (χ4n) is 7.61. The minimum absolute atomic E-state index is 0.105. The minimum atomic E-state index is -4.79. The molecule has 5 aromatic carbocycles. The highest BCUT2D eigenvalue weighted by molar-refractivity contribution is 6.00. The van der Waals surface area contributed by atoms with Crippen LogP contribution in [-0.4, -0.2) is 59.6 Å². The van der Waals surface area contributed by atoms with Gasteiger partial charge in [0.2, 0.25) is 5.95 Å². The molecule has 1 aromatic heterocycles. The lowest BCUT2D eigenvalue weighted by Crippen LogP contribution is -2.31. The number of fused-ring (bicyclic) bond motifs is 3. The van der Waals surface area contributed by atoms with Crippen LogP contribution in [0.5, 0.6) is 5.75 Å². The molecular weight excluding hydrogens is 774 g/mol. The van der Waals surface area contributed by atoms with Gasteiger partial charge in [-0.1, -0.05) is 78.9 Å². The summed E-state index contributed by atoms with van der Waals surface area (Å²) in [7, 11) is 1.42. The molecule has 2 amide bonds. The number of carbonyl (C=O) groups excluding carboxylic acids is 3. The zero-order valence-electron chi connectivity index (χ0n) is 32.4. The standard InChI is InChI=1S/C46H39F3N6O5/c1-50-42(56)35-15-6-7-17-39(35)53-41-38(46(47,48)49)26-51-44(54-41)52-29-21-19-28(20-22-29)25-36-34(16-10-18-40(36)60-45(58)55-23-8-9-24-55)43(57)59-27-37-32-13-4-2-11-30(32)31-12-3-5-14-33(31)37/h2-7,10-22,26,37H,8-9,23-25,27H2,1H3,(H,50,56)(H2,51,52,53,54). The van der Waals surface area contributed by atoms with Crippen LogP contribution in [0.15, 0.2) is 121 Å². The number of alkyl halides is 3. The molecule has 1 aliphatic carbocycles. The molecule has 0 bridgehead atoms. The van der Waals surface area contributed by atoms with Gasteiger partial charge in [0.15, 0.2) is 0 Å². The van der Waals surface area contributed by atoms with E-state index in [1.54, 1.807) is 59.5 Å². The Morgan fingerprint density at radius 2 is 1.43 bits per heavy atom. The summed E-state index contributed by atoms with van der Waals surface area (Å²) in [5.41, 5.74) is 5.41. The third-order valence-electron chi connectivity index (χ3n) is 10.6. The second-order valence-corrected chi connectivity index (χ2v) is 14.4. The van der Waals surface area contributed by atoms with Crippen LogP contribution in [0.4, 0.5) is 41.1 Å². The molecule has 14 heteroatoms. The van der Waals surface area contributed by atoms with Crippen LogP contribution in [0.25, 0.3) is 11.1 Å². The number of halogens is 3. The summed E-state index contributed by atoms with van der Waals surface area (Å²) < 4.78 is 54.1. The van der Waals surface area contributed by atoms with E-state index in [0.29, 0.717) is 30.5 Å². The summed E-state index contributed by atoms with van der Waals surface area (Å²) in [4.78, 5) is 49.3. The normalized spacial score (nSPS) is 13.3. The maximum atomic E-state index is 14.1. The zero-order valence-corrected chi connectivity index (χ0v) is 32.4. The van der Waals surface area contributed by atoms with E-state index >= 15 is 0 Å². The summed E-state index contributed by atoms with van der Waals surface area (Å²) in [5.74, 6) is -1.65. The number of rotatable bonds is 11. The highest BCUT2D eigenvalue weighted by Crippen LogP contribution is 2.45. The summed E-state index contributed by atoms with van der Waals surface area (Å²) in [5, 5.41) is 8.08. The lowest BCUT2D eigenvalue weighted by Gasteiger charge is -2.19. The smallest absolute Gasteiger partial charge is 0.421 e. The first kappa shape index (κ1) is 39.6. The van der Waals surface area contributed by atoms with Crippen molar-refractivity contribution in [2.75, 3.05) is 37.4 Å². The average molecular weight is 813 g/mol. The van der Waals surface area contributed by atoms with Crippen molar-refractivity contribution in [3.8, 4) is 16.9 Å². The molecule has 3 N–H and O–H groups in total. The summed E-state index contributed by atoms with van der Waals surface area (Å²) in [6, 6.07) is 34.2. The average Bonchev–Trinajstić information content (AvgIpc) is 3.91. The molecule has 0 unspecified atom stereocenters. The molecule has 11 nitrogen and oxygen atoms in total. The van der Waals surface area contributed by atoms with Crippen molar-refractivity contribution in [2.24, 2.45) is 0 Å². The summed E-state index contributed by atoms with van der Waals surface area (Å²) >= 11 is 0. The number of amides is 2. The number of para-hydroxylation sites is 1. The van der Waals surface area contributed by atoms with Crippen molar-refractivity contribution in [2.45, 2.75) is 31.4 Å². The first-order valence-corrected chi connectivity index (χ1v) is 19.4. The SMILES string of the molecule is CNC(=O)c1ccccc1Nc1nc(Nc2ccc(Cc3c(OC(=O)N4CCCC4)cccc3C(=O)OCC3c4ccccc4-c4ccccc43)cc2)ncc1C(F)(F)F. The molecule has 0 saturated carbocycles. The third kappa shape index (κ3) is 8.35. The number of benzene rings is 5. The molecular formula is C46H39F3N6O5. The molecule has 2 heterocycles. The molecule has 1 saturated heterocycles. The summed E-state index contributed by atoms with van der Waals surface area (Å²) in [6.07, 6.45) is -2.69. The molecule has 0 spiro atoms. The number of ether oxygens (including phenoxy) is 2. The van der Waals surface area contributed by atoms with Crippen LogP contribution in [0.1, 0.15) is 67.3 Å². The highest BCUT2D eigenvalue weighted by Gasteiger charge is 2.36. The molecule has 2 aliphatic rings. The maximum Gasteiger partial charge on any atom is 0.421 e. The number of anilines is 4. The third-order valence-corrected chi connectivity index (χ3v) is 10.6. The Morgan fingerprint density at radius 1 is 0.783 bits per heavy atom. The molecule has 1 fully saturated rings.